The summed E-state index contributed by atoms with van der Waals surface area (Å²) in [6.45, 7) is 8.81. The Hall–Kier alpha value is -2.84. The van der Waals surface area contributed by atoms with Crippen molar-refractivity contribution in [1.29, 1.82) is 0 Å². The first-order valence-corrected chi connectivity index (χ1v) is 10.0. The van der Waals surface area contributed by atoms with Crippen molar-refractivity contribution < 1.29 is 13.9 Å². The molecule has 0 unspecified atom stereocenters. The number of nitrogens with zero attached hydrogens (tertiary/aromatic N) is 2. The van der Waals surface area contributed by atoms with Crippen molar-refractivity contribution in [3.8, 4) is 0 Å². The Morgan fingerprint density at radius 1 is 1.14 bits per heavy atom. The summed E-state index contributed by atoms with van der Waals surface area (Å²) in [4.78, 5) is 19.0. The fourth-order valence-electron chi connectivity index (χ4n) is 2.96. The molecule has 1 aliphatic rings. The van der Waals surface area contributed by atoms with E-state index in [9.17, 15) is 4.79 Å². The van der Waals surface area contributed by atoms with Crippen LogP contribution in [0.4, 0.5) is 5.69 Å². The predicted molar refractivity (Wildman–Crippen MR) is 113 cm³/mol. The lowest BCUT2D eigenvalue weighted by Gasteiger charge is -2.26. The number of aliphatic imine (C=N–C) groups is 1. The van der Waals surface area contributed by atoms with E-state index >= 15 is 0 Å². The van der Waals surface area contributed by atoms with Crippen molar-refractivity contribution in [3.63, 3.8) is 0 Å². The highest BCUT2D eigenvalue weighted by Crippen LogP contribution is 2.12. The van der Waals surface area contributed by atoms with E-state index in [2.05, 4.69) is 32.8 Å². The molecular formula is C21H29N5O3. The van der Waals surface area contributed by atoms with E-state index in [0.717, 1.165) is 63.1 Å². The molecule has 1 aliphatic heterocycles. The third-order valence-electron chi connectivity index (χ3n) is 4.54. The molecule has 156 valence electrons. The van der Waals surface area contributed by atoms with Gasteiger partial charge in [-0.3, -0.25) is 9.69 Å². The molecule has 2 aromatic rings. The zero-order valence-electron chi connectivity index (χ0n) is 16.8. The van der Waals surface area contributed by atoms with Crippen LogP contribution in [-0.4, -0.2) is 62.7 Å². The Morgan fingerprint density at radius 2 is 1.93 bits per heavy atom. The molecule has 3 rings (SSSR count). The first-order valence-electron chi connectivity index (χ1n) is 10.0. The largest absolute Gasteiger partial charge is 0.459 e. The van der Waals surface area contributed by atoms with Gasteiger partial charge in [0.05, 0.1) is 26.0 Å². The molecule has 0 spiro atoms. The Kier molecular flexibility index (Phi) is 8.09. The fraction of sp³-hybridized carbons (Fsp3) is 0.429. The van der Waals surface area contributed by atoms with Gasteiger partial charge in [-0.25, -0.2) is 4.99 Å². The maximum Gasteiger partial charge on any atom is 0.291 e. The lowest BCUT2D eigenvalue weighted by atomic mass is 10.2. The van der Waals surface area contributed by atoms with E-state index in [4.69, 9.17) is 9.15 Å². The SMILES string of the molecule is CCNC(=NCc1ccc(NC(=O)c2ccco2)cc1)NCCN1CCOCC1. The molecule has 1 amide bonds. The van der Waals surface area contributed by atoms with Crippen molar-refractivity contribution in [2.75, 3.05) is 51.3 Å². The van der Waals surface area contributed by atoms with Crippen molar-refractivity contribution in [2.24, 2.45) is 4.99 Å². The number of benzene rings is 1. The van der Waals surface area contributed by atoms with Crippen molar-refractivity contribution in [3.05, 3.63) is 54.0 Å². The van der Waals surface area contributed by atoms with Crippen LogP contribution in [-0.2, 0) is 11.3 Å². The van der Waals surface area contributed by atoms with Gasteiger partial charge in [0.25, 0.3) is 5.91 Å². The summed E-state index contributed by atoms with van der Waals surface area (Å²) in [5.74, 6) is 0.827. The number of hydrogen-bond donors (Lipinski definition) is 3. The maximum absolute atomic E-state index is 12.0. The number of amides is 1. The molecule has 0 aliphatic carbocycles. The van der Waals surface area contributed by atoms with Crippen LogP contribution >= 0.6 is 0 Å². The molecule has 8 heteroatoms. The van der Waals surface area contributed by atoms with Gasteiger partial charge < -0.3 is 25.1 Å². The van der Waals surface area contributed by atoms with Gasteiger partial charge in [-0.2, -0.15) is 0 Å². The smallest absolute Gasteiger partial charge is 0.291 e. The van der Waals surface area contributed by atoms with E-state index in [1.165, 1.54) is 6.26 Å². The Morgan fingerprint density at radius 3 is 2.62 bits per heavy atom. The van der Waals surface area contributed by atoms with Gasteiger partial charge in [-0.05, 0) is 36.8 Å². The van der Waals surface area contributed by atoms with E-state index < -0.39 is 0 Å². The second-order valence-corrected chi connectivity index (χ2v) is 6.70. The number of furan rings is 1. The van der Waals surface area contributed by atoms with Crippen LogP contribution in [0.15, 0.2) is 52.1 Å². The number of carbonyl (C=O) groups excluding carboxylic acids is 1. The highest BCUT2D eigenvalue weighted by Gasteiger charge is 2.10. The predicted octanol–water partition coefficient (Wildman–Crippen LogP) is 1.92. The number of rotatable bonds is 8. The molecule has 1 aromatic carbocycles. The fourth-order valence-corrected chi connectivity index (χ4v) is 2.96. The van der Waals surface area contributed by atoms with Gasteiger partial charge in [0.2, 0.25) is 0 Å². The van der Waals surface area contributed by atoms with E-state index in [1.807, 2.05) is 24.3 Å². The average molecular weight is 399 g/mol. The van der Waals surface area contributed by atoms with Crippen LogP contribution in [0.25, 0.3) is 0 Å². The van der Waals surface area contributed by atoms with Crippen LogP contribution in [0.3, 0.4) is 0 Å². The number of carbonyl (C=O) groups is 1. The number of anilines is 1. The third kappa shape index (κ3) is 6.92. The van der Waals surface area contributed by atoms with Gasteiger partial charge in [0, 0.05) is 38.4 Å². The van der Waals surface area contributed by atoms with Gasteiger partial charge >= 0.3 is 0 Å². The minimum atomic E-state index is -0.264. The lowest BCUT2D eigenvalue weighted by Crippen LogP contribution is -2.44. The summed E-state index contributed by atoms with van der Waals surface area (Å²) in [7, 11) is 0. The molecule has 0 saturated carbocycles. The van der Waals surface area contributed by atoms with Crippen LogP contribution < -0.4 is 16.0 Å². The standard InChI is InChI=1S/C21H29N5O3/c1-2-22-21(23-9-10-26-11-14-28-15-12-26)24-16-17-5-7-18(8-6-17)25-20(27)19-4-3-13-29-19/h3-8,13H,2,9-12,14-16H2,1H3,(H,25,27)(H2,22,23,24). The van der Waals surface area contributed by atoms with Crippen LogP contribution in [0.1, 0.15) is 23.0 Å². The molecular weight excluding hydrogens is 370 g/mol. The molecule has 29 heavy (non-hydrogen) atoms. The summed E-state index contributed by atoms with van der Waals surface area (Å²) in [6.07, 6.45) is 1.48. The second kappa shape index (κ2) is 11.2. The van der Waals surface area contributed by atoms with E-state index in [0.29, 0.717) is 6.54 Å². The number of ether oxygens (including phenoxy) is 1. The average Bonchev–Trinajstić information content (AvgIpc) is 3.29. The maximum atomic E-state index is 12.0. The van der Waals surface area contributed by atoms with Gasteiger partial charge in [0.1, 0.15) is 0 Å². The topological polar surface area (TPSA) is 91.1 Å². The van der Waals surface area contributed by atoms with Crippen molar-refractivity contribution in [1.82, 2.24) is 15.5 Å². The number of nitrogens with one attached hydrogen (secondary N) is 3. The van der Waals surface area contributed by atoms with Gasteiger partial charge in [0.15, 0.2) is 11.7 Å². The Bertz CT molecular complexity index is 768. The molecule has 0 atom stereocenters. The van der Waals surface area contributed by atoms with Crippen molar-refractivity contribution >= 4 is 17.6 Å². The summed E-state index contributed by atoms with van der Waals surface area (Å²) < 4.78 is 10.5. The molecule has 8 nitrogen and oxygen atoms in total. The first-order chi connectivity index (χ1) is 14.2. The molecule has 1 saturated heterocycles. The minimum Gasteiger partial charge on any atom is -0.459 e. The number of guanidine groups is 1. The molecule has 0 radical (unpaired) electrons. The third-order valence-corrected chi connectivity index (χ3v) is 4.54. The number of morpholine rings is 1. The summed E-state index contributed by atoms with van der Waals surface area (Å²) in [5.41, 5.74) is 1.78. The van der Waals surface area contributed by atoms with Crippen molar-refractivity contribution in [2.45, 2.75) is 13.5 Å². The summed E-state index contributed by atoms with van der Waals surface area (Å²) >= 11 is 0. The highest BCUT2D eigenvalue weighted by molar-refractivity contribution is 6.02. The second-order valence-electron chi connectivity index (χ2n) is 6.70. The van der Waals surface area contributed by atoms with Crippen LogP contribution in [0, 0.1) is 0 Å². The van der Waals surface area contributed by atoms with Gasteiger partial charge in [-0.15, -0.1) is 0 Å². The van der Waals surface area contributed by atoms with Crippen LogP contribution in [0.5, 0.6) is 0 Å². The number of hydrogen-bond acceptors (Lipinski definition) is 5. The van der Waals surface area contributed by atoms with Gasteiger partial charge in [-0.1, -0.05) is 12.1 Å². The summed E-state index contributed by atoms with van der Waals surface area (Å²) in [6, 6.07) is 11.0. The summed E-state index contributed by atoms with van der Waals surface area (Å²) in [5, 5.41) is 9.46. The lowest BCUT2D eigenvalue weighted by molar-refractivity contribution is 0.0389. The zero-order valence-corrected chi connectivity index (χ0v) is 16.8. The quantitative estimate of drug-likeness (QED) is 0.464. The molecule has 2 heterocycles. The molecule has 0 bridgehead atoms. The first kappa shape index (κ1) is 20.9. The zero-order chi connectivity index (χ0) is 20.3. The Labute approximate surface area is 171 Å². The molecule has 3 N–H and O–H groups in total. The monoisotopic (exact) mass is 399 g/mol. The molecule has 1 fully saturated rings. The normalized spacial score (nSPS) is 15.1. The minimum absolute atomic E-state index is 0.264. The van der Waals surface area contributed by atoms with E-state index in [1.54, 1.807) is 12.1 Å². The van der Waals surface area contributed by atoms with Crippen LogP contribution in [0.2, 0.25) is 0 Å². The van der Waals surface area contributed by atoms with E-state index in [-0.39, 0.29) is 11.7 Å². The highest BCUT2D eigenvalue weighted by atomic mass is 16.5. The molecule has 1 aromatic heterocycles. The Balaban J connectivity index is 1.47.